The predicted octanol–water partition coefficient (Wildman–Crippen LogP) is 5.62. The van der Waals surface area contributed by atoms with Crippen molar-refractivity contribution in [3.63, 3.8) is 0 Å². The molecule has 0 atom stereocenters. The third kappa shape index (κ3) is 3.47. The van der Waals surface area contributed by atoms with Crippen molar-refractivity contribution in [1.29, 1.82) is 0 Å². The molecule has 4 nitrogen and oxygen atoms in total. The van der Waals surface area contributed by atoms with Gasteiger partial charge in [-0.05, 0) is 55.3 Å². The van der Waals surface area contributed by atoms with Crippen LogP contribution in [-0.2, 0) is 6.42 Å². The van der Waals surface area contributed by atoms with Crippen molar-refractivity contribution in [3.8, 4) is 11.5 Å². The molecule has 0 aliphatic carbocycles. The lowest BCUT2D eigenvalue weighted by Gasteiger charge is -2.10. The van der Waals surface area contributed by atoms with Gasteiger partial charge in [0, 0.05) is 11.1 Å². The summed E-state index contributed by atoms with van der Waals surface area (Å²) >= 11 is 0. The molecule has 1 amide bonds. The van der Waals surface area contributed by atoms with Gasteiger partial charge in [0.15, 0.2) is 5.76 Å². The molecule has 1 N–H and O–H groups in total. The van der Waals surface area contributed by atoms with E-state index in [0.717, 1.165) is 28.8 Å². The van der Waals surface area contributed by atoms with Crippen molar-refractivity contribution >= 4 is 22.5 Å². The summed E-state index contributed by atoms with van der Waals surface area (Å²) in [5.41, 5.74) is 3.99. The number of hydrogen-bond acceptors (Lipinski definition) is 3. The first-order valence-corrected chi connectivity index (χ1v) is 9.01. The molecule has 2 aromatic carbocycles. The van der Waals surface area contributed by atoms with Gasteiger partial charge in [0.05, 0.1) is 11.1 Å². The highest BCUT2D eigenvalue weighted by molar-refractivity contribution is 6.13. The number of aryl methyl sites for hydroxylation is 2. The number of para-hydroxylation sites is 1. The fourth-order valence-electron chi connectivity index (χ4n) is 3.08. The van der Waals surface area contributed by atoms with Crippen LogP contribution < -0.4 is 5.32 Å². The summed E-state index contributed by atoms with van der Waals surface area (Å²) in [7, 11) is 0. The molecule has 4 rings (SSSR count). The Kier molecular flexibility index (Phi) is 4.47. The second-order valence-corrected chi connectivity index (χ2v) is 6.49. The fraction of sp³-hybridized carbons (Fsp3) is 0.130. The number of nitrogens with zero attached hydrogens (tertiary/aromatic N) is 1. The average Bonchev–Trinajstić information content (AvgIpc) is 3.14. The summed E-state index contributed by atoms with van der Waals surface area (Å²) in [6, 6.07) is 21.1. The molecule has 0 fully saturated rings. The Morgan fingerprint density at radius 1 is 1.04 bits per heavy atom. The Morgan fingerprint density at radius 2 is 1.81 bits per heavy atom. The van der Waals surface area contributed by atoms with Crippen LogP contribution in [0, 0.1) is 6.92 Å². The van der Waals surface area contributed by atoms with E-state index in [-0.39, 0.29) is 5.91 Å². The van der Waals surface area contributed by atoms with Gasteiger partial charge in [-0.3, -0.25) is 4.79 Å². The number of benzene rings is 2. The highest BCUT2D eigenvalue weighted by atomic mass is 16.3. The van der Waals surface area contributed by atoms with Crippen molar-refractivity contribution in [2.75, 3.05) is 5.32 Å². The van der Waals surface area contributed by atoms with Crippen molar-refractivity contribution in [2.24, 2.45) is 0 Å². The van der Waals surface area contributed by atoms with Crippen LogP contribution in [0.15, 0.2) is 71.1 Å². The normalized spacial score (nSPS) is 10.9. The number of rotatable bonds is 4. The lowest BCUT2D eigenvalue weighted by molar-refractivity contribution is 0.102. The summed E-state index contributed by atoms with van der Waals surface area (Å²) in [5.74, 6) is 1.30. The van der Waals surface area contributed by atoms with E-state index in [2.05, 4.69) is 17.2 Å². The summed E-state index contributed by atoms with van der Waals surface area (Å²) in [4.78, 5) is 17.7. The van der Waals surface area contributed by atoms with E-state index < -0.39 is 0 Å². The molecule has 0 aliphatic rings. The maximum atomic E-state index is 13.0. The quantitative estimate of drug-likeness (QED) is 0.516. The Morgan fingerprint density at radius 3 is 2.52 bits per heavy atom. The van der Waals surface area contributed by atoms with Crippen molar-refractivity contribution in [2.45, 2.75) is 20.3 Å². The lowest BCUT2D eigenvalue weighted by Crippen LogP contribution is -2.13. The molecular formula is C23H20N2O2. The Labute approximate surface area is 157 Å². The summed E-state index contributed by atoms with van der Waals surface area (Å²) < 4.78 is 5.70. The molecule has 0 saturated heterocycles. The van der Waals surface area contributed by atoms with E-state index in [9.17, 15) is 4.79 Å². The number of hydrogen-bond donors (Lipinski definition) is 1. The SMILES string of the molecule is CCc1ccc(NC(=O)c2cc(-c3ccc(C)o3)nc3ccccc23)cc1. The fourth-order valence-corrected chi connectivity index (χ4v) is 3.08. The van der Waals surface area contributed by atoms with Crippen LogP contribution in [0.5, 0.6) is 0 Å². The zero-order valence-corrected chi connectivity index (χ0v) is 15.3. The zero-order chi connectivity index (χ0) is 18.8. The first kappa shape index (κ1) is 17.0. The van der Waals surface area contributed by atoms with Crippen molar-refractivity contribution in [1.82, 2.24) is 4.98 Å². The summed E-state index contributed by atoms with van der Waals surface area (Å²) in [6.45, 7) is 3.99. The maximum Gasteiger partial charge on any atom is 0.256 e. The van der Waals surface area contributed by atoms with E-state index in [4.69, 9.17) is 4.42 Å². The van der Waals surface area contributed by atoms with E-state index in [1.54, 1.807) is 6.07 Å². The number of aromatic nitrogens is 1. The number of nitrogens with one attached hydrogen (secondary N) is 1. The van der Waals surface area contributed by atoms with Gasteiger partial charge in [-0.25, -0.2) is 4.98 Å². The molecule has 0 saturated carbocycles. The van der Waals surface area contributed by atoms with Crippen LogP contribution in [0.4, 0.5) is 5.69 Å². The third-order valence-electron chi connectivity index (χ3n) is 4.57. The number of anilines is 1. The largest absolute Gasteiger partial charge is 0.460 e. The second-order valence-electron chi connectivity index (χ2n) is 6.49. The number of fused-ring (bicyclic) bond motifs is 1. The first-order chi connectivity index (χ1) is 13.1. The van der Waals surface area contributed by atoms with Gasteiger partial charge in [0.2, 0.25) is 0 Å². The van der Waals surface area contributed by atoms with Crippen LogP contribution in [0.2, 0.25) is 0 Å². The van der Waals surface area contributed by atoms with Crippen LogP contribution >= 0.6 is 0 Å². The molecule has 4 heteroatoms. The monoisotopic (exact) mass is 356 g/mol. The van der Waals surface area contributed by atoms with Gasteiger partial charge in [0.1, 0.15) is 11.5 Å². The smallest absolute Gasteiger partial charge is 0.256 e. The second kappa shape index (κ2) is 7.08. The van der Waals surface area contributed by atoms with E-state index in [1.807, 2.05) is 67.6 Å². The summed E-state index contributed by atoms with van der Waals surface area (Å²) in [5, 5.41) is 3.80. The molecule has 0 unspecified atom stereocenters. The van der Waals surface area contributed by atoms with Crippen molar-refractivity contribution in [3.05, 3.63) is 83.6 Å². The molecule has 2 heterocycles. The molecule has 0 spiro atoms. The molecule has 0 aliphatic heterocycles. The molecule has 4 aromatic rings. The molecular weight excluding hydrogens is 336 g/mol. The van der Waals surface area contributed by atoms with E-state index >= 15 is 0 Å². The van der Waals surface area contributed by atoms with Gasteiger partial charge in [-0.1, -0.05) is 37.3 Å². The van der Waals surface area contributed by atoms with Gasteiger partial charge < -0.3 is 9.73 Å². The summed E-state index contributed by atoms with van der Waals surface area (Å²) in [6.07, 6.45) is 0.967. The lowest BCUT2D eigenvalue weighted by atomic mass is 10.1. The van der Waals surface area contributed by atoms with Crippen LogP contribution in [-0.4, -0.2) is 10.9 Å². The minimum absolute atomic E-state index is 0.164. The number of amides is 1. The predicted molar refractivity (Wildman–Crippen MR) is 108 cm³/mol. The van der Waals surface area contributed by atoms with Gasteiger partial charge in [-0.15, -0.1) is 0 Å². The Balaban J connectivity index is 1.75. The minimum atomic E-state index is -0.164. The first-order valence-electron chi connectivity index (χ1n) is 9.01. The average molecular weight is 356 g/mol. The number of carbonyl (C=O) groups is 1. The van der Waals surface area contributed by atoms with Crippen LogP contribution in [0.1, 0.15) is 28.6 Å². The Hall–Kier alpha value is -3.40. The van der Waals surface area contributed by atoms with Gasteiger partial charge in [0.25, 0.3) is 5.91 Å². The van der Waals surface area contributed by atoms with Crippen LogP contribution in [0.25, 0.3) is 22.4 Å². The van der Waals surface area contributed by atoms with Gasteiger partial charge >= 0.3 is 0 Å². The molecule has 134 valence electrons. The Bertz CT molecular complexity index is 1110. The van der Waals surface area contributed by atoms with Crippen LogP contribution in [0.3, 0.4) is 0 Å². The maximum absolute atomic E-state index is 13.0. The minimum Gasteiger partial charge on any atom is -0.460 e. The van der Waals surface area contributed by atoms with E-state index in [1.165, 1.54) is 5.56 Å². The van der Waals surface area contributed by atoms with Crippen molar-refractivity contribution < 1.29 is 9.21 Å². The number of furan rings is 1. The molecule has 0 bridgehead atoms. The number of pyridine rings is 1. The topological polar surface area (TPSA) is 55.1 Å². The number of carbonyl (C=O) groups excluding carboxylic acids is 1. The zero-order valence-electron chi connectivity index (χ0n) is 15.3. The molecule has 2 aromatic heterocycles. The van der Waals surface area contributed by atoms with Gasteiger partial charge in [-0.2, -0.15) is 0 Å². The highest BCUT2D eigenvalue weighted by Crippen LogP contribution is 2.27. The molecule has 27 heavy (non-hydrogen) atoms. The third-order valence-corrected chi connectivity index (χ3v) is 4.57. The highest BCUT2D eigenvalue weighted by Gasteiger charge is 2.15. The van der Waals surface area contributed by atoms with E-state index in [0.29, 0.717) is 17.0 Å². The standard InChI is InChI=1S/C23H20N2O2/c1-3-16-9-11-17(12-10-16)24-23(26)19-14-21(22-13-8-15(2)27-22)25-20-7-5-4-6-18(19)20/h4-14H,3H2,1-2H3,(H,24,26). The molecule has 0 radical (unpaired) electrons.